The number of rotatable bonds is 10. The van der Waals surface area contributed by atoms with Crippen LogP contribution in [0.1, 0.15) is 33.1 Å². The minimum absolute atomic E-state index is 0.320. The van der Waals surface area contributed by atoms with E-state index in [4.69, 9.17) is 9.47 Å². The van der Waals surface area contributed by atoms with Crippen molar-refractivity contribution in [1.29, 1.82) is 0 Å². The van der Waals surface area contributed by atoms with Gasteiger partial charge in [0.2, 0.25) is 0 Å². The highest BCUT2D eigenvalue weighted by molar-refractivity contribution is 4.87. The first kappa shape index (κ1) is 14.6. The maximum absolute atomic E-state index is 9.44. The Balaban J connectivity index is 3.18. The Labute approximate surface area is 93.1 Å². The van der Waals surface area contributed by atoms with Crippen LogP contribution in [-0.4, -0.2) is 37.6 Å². The van der Waals surface area contributed by atoms with Crippen LogP contribution in [0.5, 0.6) is 0 Å². The van der Waals surface area contributed by atoms with Crippen LogP contribution in [0.2, 0.25) is 0 Å². The number of ether oxygens (including phenoxy) is 2. The number of hydrogen-bond acceptors (Lipinski definition) is 3. The molecule has 0 bridgehead atoms. The van der Waals surface area contributed by atoms with Gasteiger partial charge in [0.15, 0.2) is 0 Å². The Morgan fingerprint density at radius 2 is 1.93 bits per heavy atom. The van der Waals surface area contributed by atoms with E-state index in [1.165, 1.54) is 12.8 Å². The van der Waals surface area contributed by atoms with Gasteiger partial charge in [-0.2, -0.15) is 0 Å². The Morgan fingerprint density at radius 1 is 1.27 bits per heavy atom. The number of aliphatic hydroxyl groups is 1. The van der Waals surface area contributed by atoms with Gasteiger partial charge in [-0.25, -0.2) is 0 Å². The second-order valence-corrected chi connectivity index (χ2v) is 3.91. The van der Waals surface area contributed by atoms with Crippen molar-refractivity contribution in [3.8, 4) is 0 Å². The molecule has 0 rings (SSSR count). The van der Waals surface area contributed by atoms with E-state index in [1.807, 2.05) is 6.92 Å². The normalized spacial score (nSPS) is 12.7. The third kappa shape index (κ3) is 11.5. The molecule has 0 saturated heterocycles. The molecule has 0 aliphatic rings. The van der Waals surface area contributed by atoms with Crippen molar-refractivity contribution in [2.45, 2.75) is 39.2 Å². The predicted molar refractivity (Wildman–Crippen MR) is 62.0 cm³/mol. The molecular weight excluding hydrogens is 192 g/mol. The van der Waals surface area contributed by atoms with Crippen molar-refractivity contribution in [2.24, 2.45) is 0 Å². The Hall–Kier alpha value is -0.380. The summed E-state index contributed by atoms with van der Waals surface area (Å²) in [6.07, 6.45) is 2.91. The lowest BCUT2D eigenvalue weighted by Crippen LogP contribution is -2.22. The first-order valence-electron chi connectivity index (χ1n) is 5.64. The summed E-state index contributed by atoms with van der Waals surface area (Å²) in [4.78, 5) is 0. The summed E-state index contributed by atoms with van der Waals surface area (Å²) < 4.78 is 10.5. The van der Waals surface area contributed by atoms with Gasteiger partial charge >= 0.3 is 0 Å². The zero-order chi connectivity index (χ0) is 11.5. The van der Waals surface area contributed by atoms with E-state index in [2.05, 4.69) is 13.5 Å². The minimum Gasteiger partial charge on any atom is -0.388 e. The molecule has 0 amide bonds. The first-order chi connectivity index (χ1) is 7.16. The predicted octanol–water partition coefficient (Wildman–Crippen LogP) is 2.15. The first-order valence-corrected chi connectivity index (χ1v) is 5.64. The van der Waals surface area contributed by atoms with Crippen LogP contribution >= 0.6 is 0 Å². The monoisotopic (exact) mass is 216 g/mol. The van der Waals surface area contributed by atoms with Crippen molar-refractivity contribution < 1.29 is 14.6 Å². The minimum atomic E-state index is -0.522. The summed E-state index contributed by atoms with van der Waals surface area (Å²) in [5.41, 5.74) is 0.964. The van der Waals surface area contributed by atoms with E-state index in [9.17, 15) is 5.11 Å². The van der Waals surface area contributed by atoms with Crippen LogP contribution in [0, 0.1) is 0 Å². The lowest BCUT2D eigenvalue weighted by atomic mass is 10.3. The number of hydrogen-bond donors (Lipinski definition) is 1. The number of unbranched alkanes of at least 4 members (excludes halogenated alkanes) is 2. The third-order valence-corrected chi connectivity index (χ3v) is 1.86. The van der Waals surface area contributed by atoms with Gasteiger partial charge in [0.05, 0.1) is 19.8 Å². The highest BCUT2D eigenvalue weighted by Crippen LogP contribution is 1.96. The summed E-state index contributed by atoms with van der Waals surface area (Å²) in [5, 5.41) is 9.44. The molecule has 0 fully saturated rings. The summed E-state index contributed by atoms with van der Waals surface area (Å²) in [5.74, 6) is 0. The summed E-state index contributed by atoms with van der Waals surface area (Å²) >= 11 is 0. The Morgan fingerprint density at radius 3 is 2.53 bits per heavy atom. The van der Waals surface area contributed by atoms with Crippen LogP contribution in [-0.2, 0) is 9.47 Å². The van der Waals surface area contributed by atoms with E-state index in [0.29, 0.717) is 19.8 Å². The van der Waals surface area contributed by atoms with Gasteiger partial charge in [-0.1, -0.05) is 31.9 Å². The van der Waals surface area contributed by atoms with Crippen LogP contribution in [0.4, 0.5) is 0 Å². The molecule has 0 heterocycles. The van der Waals surface area contributed by atoms with E-state index >= 15 is 0 Å². The molecule has 0 radical (unpaired) electrons. The van der Waals surface area contributed by atoms with E-state index < -0.39 is 6.10 Å². The van der Waals surface area contributed by atoms with Crippen LogP contribution in [0.15, 0.2) is 12.2 Å². The Bertz CT molecular complexity index is 157. The SMILES string of the molecule is C=C(C)COCC(O)COCCCCC. The Kier molecular flexibility index (Phi) is 9.89. The van der Waals surface area contributed by atoms with Crippen LogP contribution in [0.3, 0.4) is 0 Å². The standard InChI is InChI=1S/C12H24O3/c1-4-5-6-7-14-9-12(13)10-15-8-11(2)3/h12-13H,2,4-10H2,1,3H3. The second kappa shape index (κ2) is 10.1. The fraction of sp³-hybridized carbons (Fsp3) is 0.833. The summed E-state index contributed by atoms with van der Waals surface area (Å²) in [6, 6.07) is 0. The molecule has 0 spiro atoms. The highest BCUT2D eigenvalue weighted by Gasteiger charge is 2.03. The fourth-order valence-electron chi connectivity index (χ4n) is 1.09. The molecular formula is C12H24O3. The summed E-state index contributed by atoms with van der Waals surface area (Å²) in [6.45, 7) is 9.68. The van der Waals surface area contributed by atoms with Gasteiger partial charge < -0.3 is 14.6 Å². The molecule has 15 heavy (non-hydrogen) atoms. The van der Waals surface area contributed by atoms with Gasteiger partial charge in [0, 0.05) is 6.61 Å². The van der Waals surface area contributed by atoms with Gasteiger partial charge in [-0.15, -0.1) is 0 Å². The lowest BCUT2D eigenvalue weighted by molar-refractivity contribution is -0.0147. The molecule has 1 atom stereocenters. The number of aliphatic hydroxyl groups excluding tert-OH is 1. The molecule has 0 aromatic carbocycles. The smallest absolute Gasteiger partial charge is 0.101 e. The molecule has 1 unspecified atom stereocenters. The van der Waals surface area contributed by atoms with Gasteiger partial charge in [0.25, 0.3) is 0 Å². The molecule has 0 aromatic rings. The molecule has 0 saturated carbocycles. The quantitative estimate of drug-likeness (QED) is 0.449. The maximum atomic E-state index is 9.44. The van der Waals surface area contributed by atoms with Crippen molar-refractivity contribution >= 4 is 0 Å². The van der Waals surface area contributed by atoms with Crippen molar-refractivity contribution in [3.63, 3.8) is 0 Å². The molecule has 0 aromatic heterocycles. The third-order valence-electron chi connectivity index (χ3n) is 1.86. The molecule has 90 valence electrons. The molecule has 0 aliphatic heterocycles. The van der Waals surface area contributed by atoms with Gasteiger partial charge in [-0.3, -0.25) is 0 Å². The second-order valence-electron chi connectivity index (χ2n) is 3.91. The van der Waals surface area contributed by atoms with Crippen molar-refractivity contribution in [1.82, 2.24) is 0 Å². The van der Waals surface area contributed by atoms with Crippen molar-refractivity contribution in [2.75, 3.05) is 26.4 Å². The molecule has 3 heteroatoms. The van der Waals surface area contributed by atoms with Crippen molar-refractivity contribution in [3.05, 3.63) is 12.2 Å². The van der Waals surface area contributed by atoms with Gasteiger partial charge in [-0.05, 0) is 13.3 Å². The zero-order valence-electron chi connectivity index (χ0n) is 10.00. The molecule has 3 nitrogen and oxygen atoms in total. The fourth-order valence-corrected chi connectivity index (χ4v) is 1.09. The van der Waals surface area contributed by atoms with E-state index in [0.717, 1.165) is 18.6 Å². The van der Waals surface area contributed by atoms with Crippen LogP contribution < -0.4 is 0 Å². The van der Waals surface area contributed by atoms with Crippen LogP contribution in [0.25, 0.3) is 0 Å². The van der Waals surface area contributed by atoms with E-state index in [-0.39, 0.29) is 0 Å². The average molecular weight is 216 g/mol. The molecule has 0 aliphatic carbocycles. The van der Waals surface area contributed by atoms with Gasteiger partial charge in [0.1, 0.15) is 6.10 Å². The highest BCUT2D eigenvalue weighted by atomic mass is 16.5. The zero-order valence-corrected chi connectivity index (χ0v) is 10.00. The van der Waals surface area contributed by atoms with E-state index in [1.54, 1.807) is 0 Å². The largest absolute Gasteiger partial charge is 0.388 e. The lowest BCUT2D eigenvalue weighted by Gasteiger charge is -2.11. The summed E-state index contributed by atoms with van der Waals surface area (Å²) in [7, 11) is 0. The topological polar surface area (TPSA) is 38.7 Å². The maximum Gasteiger partial charge on any atom is 0.101 e. The molecule has 1 N–H and O–H groups in total. The average Bonchev–Trinajstić information content (AvgIpc) is 2.17.